The van der Waals surface area contributed by atoms with Crippen LogP contribution < -0.4 is 5.32 Å². The number of nitrogens with zero attached hydrogens (tertiary/aromatic N) is 2. The second-order valence-corrected chi connectivity index (χ2v) is 4.69. The maximum atomic E-state index is 4.66. The van der Waals surface area contributed by atoms with Crippen LogP contribution in [0.15, 0.2) is 36.7 Å². The zero-order valence-corrected chi connectivity index (χ0v) is 10.4. The molecule has 3 nitrogen and oxygen atoms in total. The van der Waals surface area contributed by atoms with E-state index in [0.29, 0.717) is 0 Å². The third-order valence-electron chi connectivity index (χ3n) is 3.37. The van der Waals surface area contributed by atoms with Crippen LogP contribution in [-0.4, -0.2) is 16.5 Å². The minimum atomic E-state index is 0.900. The van der Waals surface area contributed by atoms with Crippen LogP contribution in [0.1, 0.15) is 23.2 Å². The Bertz CT molecular complexity index is 523. The lowest BCUT2D eigenvalue weighted by Crippen LogP contribution is -2.07. The summed E-state index contributed by atoms with van der Waals surface area (Å²) in [5.74, 6) is 1.000. The molecule has 0 amide bonds. The quantitative estimate of drug-likeness (QED) is 0.891. The molecule has 0 saturated carbocycles. The van der Waals surface area contributed by atoms with Crippen molar-refractivity contribution in [2.75, 3.05) is 11.9 Å². The van der Waals surface area contributed by atoms with Crippen LogP contribution in [0.25, 0.3) is 0 Å². The normalized spacial score (nSPS) is 13.3. The van der Waals surface area contributed by atoms with Gasteiger partial charge in [0, 0.05) is 24.6 Å². The number of nitrogens with one attached hydrogen (secondary N) is 1. The predicted octanol–water partition coefficient (Wildman–Crippen LogP) is 2.62. The van der Waals surface area contributed by atoms with Gasteiger partial charge in [0.05, 0.1) is 0 Å². The summed E-state index contributed by atoms with van der Waals surface area (Å²) < 4.78 is 0. The van der Waals surface area contributed by atoms with Gasteiger partial charge in [0.1, 0.15) is 5.82 Å². The van der Waals surface area contributed by atoms with Crippen molar-refractivity contribution in [3.8, 4) is 0 Å². The first-order valence-electron chi connectivity index (χ1n) is 6.53. The Balaban J connectivity index is 1.57. The summed E-state index contributed by atoms with van der Waals surface area (Å²) in [6, 6.07) is 8.38. The van der Waals surface area contributed by atoms with E-state index in [-0.39, 0.29) is 0 Å². The van der Waals surface area contributed by atoms with Crippen LogP contribution in [0, 0.1) is 0 Å². The van der Waals surface area contributed by atoms with Crippen molar-refractivity contribution in [2.45, 2.75) is 25.7 Å². The number of pyridine rings is 2. The first-order chi connectivity index (χ1) is 8.92. The van der Waals surface area contributed by atoms with Crippen molar-refractivity contribution in [2.24, 2.45) is 0 Å². The Labute approximate surface area is 107 Å². The molecule has 0 spiro atoms. The molecule has 1 N–H and O–H groups in total. The third kappa shape index (κ3) is 2.50. The predicted molar refractivity (Wildman–Crippen MR) is 72.7 cm³/mol. The van der Waals surface area contributed by atoms with E-state index in [0.717, 1.165) is 25.2 Å². The zero-order valence-electron chi connectivity index (χ0n) is 10.4. The van der Waals surface area contributed by atoms with E-state index in [4.69, 9.17) is 0 Å². The van der Waals surface area contributed by atoms with Crippen LogP contribution in [0.5, 0.6) is 0 Å². The van der Waals surface area contributed by atoms with Gasteiger partial charge in [0.25, 0.3) is 0 Å². The molecule has 0 aliphatic heterocycles. The van der Waals surface area contributed by atoms with Gasteiger partial charge in [0.2, 0.25) is 0 Å². The molecular weight excluding hydrogens is 222 g/mol. The summed E-state index contributed by atoms with van der Waals surface area (Å²) in [4.78, 5) is 8.77. The summed E-state index contributed by atoms with van der Waals surface area (Å²) >= 11 is 0. The molecule has 92 valence electrons. The number of hydrogen-bond donors (Lipinski definition) is 1. The van der Waals surface area contributed by atoms with Gasteiger partial charge in [-0.25, -0.2) is 4.98 Å². The summed E-state index contributed by atoms with van der Waals surface area (Å²) in [6.07, 6.45) is 8.27. The van der Waals surface area contributed by atoms with Gasteiger partial charge in [-0.15, -0.1) is 0 Å². The number of anilines is 1. The summed E-state index contributed by atoms with van der Waals surface area (Å²) in [6.45, 7) is 0.900. The van der Waals surface area contributed by atoms with E-state index in [2.05, 4.69) is 33.5 Å². The fraction of sp³-hybridized carbons (Fsp3) is 0.333. The Morgan fingerprint density at radius 1 is 1.17 bits per heavy atom. The SMILES string of the molecule is c1cncc(CCNc2ccc3c(n2)CCC3)c1. The fourth-order valence-corrected chi connectivity index (χ4v) is 2.40. The lowest BCUT2D eigenvalue weighted by Gasteiger charge is -2.07. The van der Waals surface area contributed by atoms with Crippen LogP contribution in [0.4, 0.5) is 5.82 Å². The lowest BCUT2D eigenvalue weighted by atomic mass is 10.2. The molecule has 0 fully saturated rings. The molecule has 0 atom stereocenters. The highest BCUT2D eigenvalue weighted by Gasteiger charge is 2.11. The van der Waals surface area contributed by atoms with E-state index in [9.17, 15) is 0 Å². The second kappa shape index (κ2) is 5.17. The molecule has 1 aliphatic rings. The number of aryl methyl sites for hydroxylation is 2. The standard InChI is InChI=1S/C15H17N3/c1-4-13-6-7-15(18-14(13)5-1)17-10-8-12-3-2-9-16-11-12/h2-3,6-7,9,11H,1,4-5,8,10H2,(H,17,18). The second-order valence-electron chi connectivity index (χ2n) is 4.69. The highest BCUT2D eigenvalue weighted by atomic mass is 15.0. The molecule has 3 heteroatoms. The van der Waals surface area contributed by atoms with Gasteiger partial charge < -0.3 is 5.32 Å². The fourth-order valence-electron chi connectivity index (χ4n) is 2.40. The first kappa shape index (κ1) is 11.2. The van der Waals surface area contributed by atoms with Gasteiger partial charge in [0.15, 0.2) is 0 Å². The minimum Gasteiger partial charge on any atom is -0.370 e. The Kier molecular flexibility index (Phi) is 3.22. The number of hydrogen-bond acceptors (Lipinski definition) is 3. The maximum Gasteiger partial charge on any atom is 0.126 e. The first-order valence-corrected chi connectivity index (χ1v) is 6.53. The summed E-state index contributed by atoms with van der Waals surface area (Å²) in [5.41, 5.74) is 3.96. The molecular formula is C15H17N3. The average molecular weight is 239 g/mol. The monoisotopic (exact) mass is 239 g/mol. The van der Waals surface area contributed by atoms with Crippen molar-refractivity contribution >= 4 is 5.82 Å². The van der Waals surface area contributed by atoms with E-state index in [1.165, 1.54) is 29.7 Å². The molecule has 0 bridgehead atoms. The lowest BCUT2D eigenvalue weighted by molar-refractivity contribution is 0.898. The maximum absolute atomic E-state index is 4.66. The molecule has 18 heavy (non-hydrogen) atoms. The minimum absolute atomic E-state index is 0.900. The zero-order chi connectivity index (χ0) is 12.2. The average Bonchev–Trinajstić information content (AvgIpc) is 2.87. The third-order valence-corrected chi connectivity index (χ3v) is 3.37. The van der Waals surface area contributed by atoms with Crippen LogP contribution in [-0.2, 0) is 19.3 Å². The topological polar surface area (TPSA) is 37.8 Å². The number of aromatic nitrogens is 2. The molecule has 2 aromatic heterocycles. The number of fused-ring (bicyclic) bond motifs is 1. The summed E-state index contributed by atoms with van der Waals surface area (Å²) in [5, 5.41) is 3.38. The van der Waals surface area contributed by atoms with E-state index in [1.54, 1.807) is 6.20 Å². The Morgan fingerprint density at radius 3 is 3.06 bits per heavy atom. The van der Waals surface area contributed by atoms with Gasteiger partial charge in [-0.3, -0.25) is 4.98 Å². The van der Waals surface area contributed by atoms with Crippen molar-refractivity contribution in [1.29, 1.82) is 0 Å². The highest BCUT2D eigenvalue weighted by molar-refractivity contribution is 5.40. The molecule has 0 radical (unpaired) electrons. The van der Waals surface area contributed by atoms with Gasteiger partial charge in [-0.05, 0) is 48.9 Å². The molecule has 0 saturated heterocycles. The molecule has 2 heterocycles. The van der Waals surface area contributed by atoms with Crippen LogP contribution in [0.2, 0.25) is 0 Å². The van der Waals surface area contributed by atoms with Gasteiger partial charge >= 0.3 is 0 Å². The van der Waals surface area contributed by atoms with Gasteiger partial charge in [-0.1, -0.05) is 12.1 Å². The largest absolute Gasteiger partial charge is 0.370 e. The Hall–Kier alpha value is -1.90. The van der Waals surface area contributed by atoms with E-state index < -0.39 is 0 Å². The molecule has 0 unspecified atom stereocenters. The number of rotatable bonds is 4. The molecule has 2 aromatic rings. The van der Waals surface area contributed by atoms with Crippen molar-refractivity contribution in [1.82, 2.24) is 9.97 Å². The molecule has 1 aliphatic carbocycles. The highest BCUT2D eigenvalue weighted by Crippen LogP contribution is 2.21. The van der Waals surface area contributed by atoms with Crippen LogP contribution >= 0.6 is 0 Å². The van der Waals surface area contributed by atoms with Crippen molar-refractivity contribution < 1.29 is 0 Å². The van der Waals surface area contributed by atoms with Gasteiger partial charge in [-0.2, -0.15) is 0 Å². The smallest absolute Gasteiger partial charge is 0.126 e. The summed E-state index contributed by atoms with van der Waals surface area (Å²) in [7, 11) is 0. The van der Waals surface area contributed by atoms with Crippen molar-refractivity contribution in [3.05, 3.63) is 53.5 Å². The van der Waals surface area contributed by atoms with E-state index in [1.807, 2.05) is 12.3 Å². The van der Waals surface area contributed by atoms with Crippen LogP contribution in [0.3, 0.4) is 0 Å². The Morgan fingerprint density at radius 2 is 2.17 bits per heavy atom. The molecule has 3 rings (SSSR count). The molecule has 0 aromatic carbocycles. The van der Waals surface area contributed by atoms with Crippen molar-refractivity contribution in [3.63, 3.8) is 0 Å². The van der Waals surface area contributed by atoms with E-state index >= 15 is 0 Å².